The minimum absolute atomic E-state index is 0.00577. The van der Waals surface area contributed by atoms with Crippen LogP contribution < -0.4 is 0 Å². The Morgan fingerprint density at radius 2 is 1.41 bits per heavy atom. The van der Waals surface area contributed by atoms with E-state index in [0.717, 1.165) is 17.9 Å². The summed E-state index contributed by atoms with van der Waals surface area (Å²) in [6, 6.07) is 31.0. The second-order valence-electron chi connectivity index (χ2n) is 7.24. The van der Waals surface area contributed by atoms with E-state index in [4.69, 9.17) is 4.99 Å². The number of nitrogens with zero attached hydrogens (tertiary/aromatic N) is 2. The summed E-state index contributed by atoms with van der Waals surface area (Å²) < 4.78 is 0. The monoisotopic (exact) mass is 356 g/mol. The number of hydrogen-bond donors (Lipinski definition) is 1. The molecule has 0 aliphatic carbocycles. The molecule has 3 nitrogen and oxygen atoms in total. The van der Waals surface area contributed by atoms with Crippen molar-refractivity contribution in [2.24, 2.45) is 4.99 Å². The molecule has 0 spiro atoms. The van der Waals surface area contributed by atoms with Gasteiger partial charge < -0.3 is 10.0 Å². The summed E-state index contributed by atoms with van der Waals surface area (Å²) in [6.07, 6.45) is 0. The number of amidine groups is 1. The first-order valence-electron chi connectivity index (χ1n) is 9.33. The van der Waals surface area contributed by atoms with Crippen LogP contribution in [0.25, 0.3) is 0 Å². The van der Waals surface area contributed by atoms with Crippen LogP contribution in [0.2, 0.25) is 0 Å². The Kier molecular flexibility index (Phi) is 4.78. The molecule has 0 saturated carbocycles. The van der Waals surface area contributed by atoms with Gasteiger partial charge in [0.05, 0.1) is 12.6 Å². The molecule has 1 N–H and O–H groups in total. The Labute approximate surface area is 160 Å². The molecule has 0 radical (unpaired) electrons. The molecule has 3 heteroatoms. The number of benzene rings is 3. The highest BCUT2D eigenvalue weighted by atomic mass is 16.3. The topological polar surface area (TPSA) is 35.8 Å². The molecule has 27 heavy (non-hydrogen) atoms. The second-order valence-corrected chi connectivity index (χ2v) is 7.24. The highest BCUT2D eigenvalue weighted by Gasteiger charge is 2.46. The second kappa shape index (κ2) is 7.37. The SMILES string of the molecule is CC1(CO)N=C(c2ccccc2)N(Cc2ccccc2)C1c1ccccc1. The zero-order valence-corrected chi connectivity index (χ0v) is 15.5. The van der Waals surface area contributed by atoms with Gasteiger partial charge in [0.1, 0.15) is 11.4 Å². The van der Waals surface area contributed by atoms with Crippen molar-refractivity contribution in [3.63, 3.8) is 0 Å². The van der Waals surface area contributed by atoms with Crippen molar-refractivity contribution in [1.82, 2.24) is 4.90 Å². The van der Waals surface area contributed by atoms with Crippen LogP contribution in [0, 0.1) is 0 Å². The molecule has 0 amide bonds. The lowest BCUT2D eigenvalue weighted by molar-refractivity contribution is 0.146. The van der Waals surface area contributed by atoms with Crippen molar-refractivity contribution in [1.29, 1.82) is 0 Å². The number of rotatable bonds is 5. The lowest BCUT2D eigenvalue weighted by Crippen LogP contribution is -2.40. The molecule has 1 aliphatic rings. The Morgan fingerprint density at radius 1 is 0.852 bits per heavy atom. The van der Waals surface area contributed by atoms with E-state index in [9.17, 15) is 5.11 Å². The number of hydrogen-bond acceptors (Lipinski definition) is 3. The first kappa shape index (κ1) is 17.5. The van der Waals surface area contributed by atoms with Crippen LogP contribution >= 0.6 is 0 Å². The van der Waals surface area contributed by atoms with Crippen LogP contribution in [-0.2, 0) is 6.54 Å². The molecular formula is C24H24N2O. The molecule has 1 aliphatic heterocycles. The molecule has 3 aromatic carbocycles. The van der Waals surface area contributed by atoms with E-state index in [1.165, 1.54) is 11.1 Å². The minimum Gasteiger partial charge on any atom is -0.394 e. The molecule has 136 valence electrons. The minimum atomic E-state index is -0.596. The largest absolute Gasteiger partial charge is 0.394 e. The van der Waals surface area contributed by atoms with Crippen molar-refractivity contribution in [3.8, 4) is 0 Å². The molecule has 0 aromatic heterocycles. The van der Waals surface area contributed by atoms with Crippen molar-refractivity contribution in [2.75, 3.05) is 6.61 Å². The first-order chi connectivity index (χ1) is 13.2. The fourth-order valence-corrected chi connectivity index (χ4v) is 3.89. The van der Waals surface area contributed by atoms with Crippen LogP contribution in [0.1, 0.15) is 29.7 Å². The van der Waals surface area contributed by atoms with Crippen LogP contribution in [0.15, 0.2) is 96.0 Å². The molecule has 2 unspecified atom stereocenters. The molecule has 0 saturated heterocycles. The predicted molar refractivity (Wildman–Crippen MR) is 110 cm³/mol. The Morgan fingerprint density at radius 3 is 2.00 bits per heavy atom. The van der Waals surface area contributed by atoms with Gasteiger partial charge >= 0.3 is 0 Å². The fourth-order valence-electron chi connectivity index (χ4n) is 3.89. The molecule has 0 fully saturated rings. The third-order valence-electron chi connectivity index (χ3n) is 5.20. The Bertz CT molecular complexity index is 909. The summed E-state index contributed by atoms with van der Waals surface area (Å²) in [5.74, 6) is 0.935. The van der Waals surface area contributed by atoms with E-state index >= 15 is 0 Å². The van der Waals surface area contributed by atoms with Crippen LogP contribution in [0.5, 0.6) is 0 Å². The number of aliphatic hydroxyl groups is 1. The highest BCUT2D eigenvalue weighted by molar-refractivity contribution is 6.00. The van der Waals surface area contributed by atoms with Crippen molar-refractivity contribution in [2.45, 2.75) is 25.0 Å². The van der Waals surface area contributed by atoms with Crippen LogP contribution in [0.4, 0.5) is 0 Å². The summed E-state index contributed by atoms with van der Waals surface area (Å²) in [4.78, 5) is 7.37. The maximum absolute atomic E-state index is 10.3. The summed E-state index contributed by atoms with van der Waals surface area (Å²) in [6.45, 7) is 2.77. The molecule has 4 rings (SSSR count). The first-order valence-corrected chi connectivity index (χ1v) is 9.33. The van der Waals surface area contributed by atoms with Gasteiger partial charge in [0, 0.05) is 12.1 Å². The van der Waals surface area contributed by atoms with Gasteiger partial charge in [-0.05, 0) is 18.1 Å². The zero-order valence-electron chi connectivity index (χ0n) is 15.5. The number of aliphatic imine (C=N–C) groups is 1. The van der Waals surface area contributed by atoms with Gasteiger partial charge in [0.2, 0.25) is 0 Å². The van der Waals surface area contributed by atoms with Gasteiger partial charge in [-0.15, -0.1) is 0 Å². The average Bonchev–Trinajstić information content (AvgIpc) is 3.03. The molecule has 1 heterocycles. The Hall–Kier alpha value is -2.91. The van der Waals surface area contributed by atoms with Gasteiger partial charge in [-0.3, -0.25) is 4.99 Å². The van der Waals surface area contributed by atoms with E-state index < -0.39 is 5.54 Å². The molecule has 0 bridgehead atoms. The number of aliphatic hydroxyl groups excluding tert-OH is 1. The quantitative estimate of drug-likeness (QED) is 0.733. The van der Waals surface area contributed by atoms with Gasteiger partial charge in [-0.1, -0.05) is 91.0 Å². The highest BCUT2D eigenvalue weighted by Crippen LogP contribution is 2.42. The van der Waals surface area contributed by atoms with Crippen LogP contribution in [-0.4, -0.2) is 28.0 Å². The van der Waals surface area contributed by atoms with E-state index in [2.05, 4.69) is 53.4 Å². The standard InChI is InChI=1S/C24H24N2O/c1-24(18-27)22(20-13-7-3-8-14-20)26(17-19-11-5-2-6-12-19)23(25-24)21-15-9-4-10-16-21/h2-16,22,27H,17-18H2,1H3. The summed E-state index contributed by atoms with van der Waals surface area (Å²) >= 11 is 0. The summed E-state index contributed by atoms with van der Waals surface area (Å²) in [7, 11) is 0. The molecule has 2 atom stereocenters. The van der Waals surface area contributed by atoms with E-state index in [-0.39, 0.29) is 12.6 Å². The lowest BCUT2D eigenvalue weighted by atomic mass is 9.88. The lowest BCUT2D eigenvalue weighted by Gasteiger charge is -2.35. The average molecular weight is 356 g/mol. The van der Waals surface area contributed by atoms with Gasteiger partial charge in [-0.25, -0.2) is 0 Å². The van der Waals surface area contributed by atoms with Crippen molar-refractivity contribution in [3.05, 3.63) is 108 Å². The van der Waals surface area contributed by atoms with E-state index in [1.807, 2.05) is 49.4 Å². The van der Waals surface area contributed by atoms with Gasteiger partial charge in [0.25, 0.3) is 0 Å². The molecule has 3 aromatic rings. The molecular weight excluding hydrogens is 332 g/mol. The zero-order chi connectivity index (χ0) is 18.7. The smallest absolute Gasteiger partial charge is 0.132 e. The van der Waals surface area contributed by atoms with Gasteiger partial charge in [-0.2, -0.15) is 0 Å². The van der Waals surface area contributed by atoms with Crippen LogP contribution in [0.3, 0.4) is 0 Å². The maximum atomic E-state index is 10.3. The predicted octanol–water partition coefficient (Wildman–Crippen LogP) is 4.44. The van der Waals surface area contributed by atoms with E-state index in [0.29, 0.717) is 0 Å². The normalized spacial score (nSPS) is 21.9. The maximum Gasteiger partial charge on any atom is 0.132 e. The van der Waals surface area contributed by atoms with Crippen molar-refractivity contribution < 1.29 is 5.11 Å². The van der Waals surface area contributed by atoms with Gasteiger partial charge in [0.15, 0.2) is 0 Å². The Balaban J connectivity index is 1.82. The third kappa shape index (κ3) is 3.38. The van der Waals surface area contributed by atoms with Crippen molar-refractivity contribution >= 4 is 5.84 Å². The fraction of sp³-hybridized carbons (Fsp3) is 0.208. The third-order valence-corrected chi connectivity index (χ3v) is 5.20. The summed E-state index contributed by atoms with van der Waals surface area (Å²) in [5, 5.41) is 10.3. The summed E-state index contributed by atoms with van der Waals surface area (Å²) in [5.41, 5.74) is 2.87. The van der Waals surface area contributed by atoms with E-state index in [1.54, 1.807) is 0 Å².